The first kappa shape index (κ1) is 20.5. The summed E-state index contributed by atoms with van der Waals surface area (Å²) in [7, 11) is 1.16. The maximum absolute atomic E-state index is 12.1. The van der Waals surface area contributed by atoms with E-state index < -0.39 is 29.1 Å². The van der Waals surface area contributed by atoms with Crippen molar-refractivity contribution in [3.63, 3.8) is 0 Å². The Kier molecular flexibility index (Phi) is 6.59. The Morgan fingerprint density at radius 1 is 1.22 bits per heavy atom. The lowest BCUT2D eigenvalue weighted by Crippen LogP contribution is -2.21. The van der Waals surface area contributed by atoms with Crippen molar-refractivity contribution in [3.8, 4) is 5.75 Å². The molecule has 0 aliphatic rings. The number of methoxy groups -OCH3 is 1. The fraction of sp³-hybridized carbons (Fsp3) is 0.176. The van der Waals surface area contributed by atoms with E-state index in [4.69, 9.17) is 27.9 Å². The number of benzene rings is 2. The number of amides is 1. The molecular formula is C17H14Cl2N2O6. The van der Waals surface area contributed by atoms with Gasteiger partial charge in [0, 0.05) is 6.07 Å². The fourth-order valence-corrected chi connectivity index (χ4v) is 2.58. The Balaban J connectivity index is 2.14. The fourth-order valence-electron chi connectivity index (χ4n) is 2.12. The lowest BCUT2D eigenvalue weighted by molar-refractivity contribution is -0.385. The summed E-state index contributed by atoms with van der Waals surface area (Å²) in [4.78, 5) is 34.0. The maximum atomic E-state index is 12.1. The third-order valence-corrected chi connectivity index (χ3v) is 4.29. The zero-order chi connectivity index (χ0) is 20.1. The second-order valence-corrected chi connectivity index (χ2v) is 6.11. The van der Waals surface area contributed by atoms with Gasteiger partial charge in [-0.05, 0) is 30.7 Å². The minimum absolute atomic E-state index is 0.0145. The Labute approximate surface area is 164 Å². The van der Waals surface area contributed by atoms with Crippen LogP contribution in [-0.2, 0) is 9.53 Å². The van der Waals surface area contributed by atoms with Gasteiger partial charge >= 0.3 is 11.7 Å². The van der Waals surface area contributed by atoms with Crippen molar-refractivity contribution in [2.75, 3.05) is 19.0 Å². The number of nitro groups is 1. The highest BCUT2D eigenvalue weighted by Gasteiger charge is 2.20. The Hall–Kier alpha value is -2.84. The molecule has 0 aliphatic heterocycles. The lowest BCUT2D eigenvalue weighted by atomic mass is 10.2. The molecule has 2 rings (SSSR count). The second kappa shape index (κ2) is 8.70. The summed E-state index contributed by atoms with van der Waals surface area (Å²) in [5, 5.41) is 14.2. The summed E-state index contributed by atoms with van der Waals surface area (Å²) in [6, 6.07) is 6.79. The normalized spacial score (nSPS) is 10.2. The van der Waals surface area contributed by atoms with Gasteiger partial charge in [0.2, 0.25) is 0 Å². The number of carbonyl (C=O) groups excluding carboxylic acids is 2. The zero-order valence-electron chi connectivity index (χ0n) is 14.2. The van der Waals surface area contributed by atoms with Crippen LogP contribution in [0.2, 0.25) is 10.0 Å². The third-order valence-electron chi connectivity index (χ3n) is 3.48. The smallest absolute Gasteiger partial charge is 0.338 e. The summed E-state index contributed by atoms with van der Waals surface area (Å²) < 4.78 is 9.73. The van der Waals surface area contributed by atoms with Crippen molar-refractivity contribution in [2.45, 2.75) is 6.92 Å². The minimum Gasteiger partial charge on any atom is -0.477 e. The molecule has 2 aromatic carbocycles. The third kappa shape index (κ3) is 4.87. The lowest BCUT2D eigenvalue weighted by Gasteiger charge is -2.12. The van der Waals surface area contributed by atoms with Crippen molar-refractivity contribution in [3.05, 3.63) is 61.6 Å². The van der Waals surface area contributed by atoms with Crippen LogP contribution in [-0.4, -0.2) is 30.5 Å². The monoisotopic (exact) mass is 412 g/mol. The Bertz CT molecular complexity index is 917. The minimum atomic E-state index is -0.730. The predicted molar refractivity (Wildman–Crippen MR) is 99.8 cm³/mol. The van der Waals surface area contributed by atoms with Crippen LogP contribution >= 0.6 is 23.2 Å². The highest BCUT2D eigenvalue weighted by molar-refractivity contribution is 6.40. The second-order valence-electron chi connectivity index (χ2n) is 5.32. The van der Waals surface area contributed by atoms with Crippen LogP contribution in [0.3, 0.4) is 0 Å². The summed E-state index contributed by atoms with van der Waals surface area (Å²) in [6.45, 7) is 1.22. The van der Waals surface area contributed by atoms with E-state index in [0.717, 1.165) is 13.2 Å². The van der Waals surface area contributed by atoms with E-state index in [9.17, 15) is 19.7 Å². The standard InChI is InChI=1S/C17H14Cl2N2O6/c1-9-3-5-11(18)16(15(9)19)20-14(22)8-27-13-6-4-10(17(23)26-2)7-12(13)21(24)25/h3-7H,8H2,1-2H3,(H,20,22). The number of hydrogen-bond donors (Lipinski definition) is 1. The Morgan fingerprint density at radius 3 is 2.56 bits per heavy atom. The average molecular weight is 413 g/mol. The molecule has 10 heteroatoms. The number of carbonyl (C=O) groups is 2. The van der Waals surface area contributed by atoms with Gasteiger partial charge in [-0.2, -0.15) is 0 Å². The molecule has 0 fully saturated rings. The van der Waals surface area contributed by atoms with Gasteiger partial charge < -0.3 is 14.8 Å². The van der Waals surface area contributed by atoms with Crippen molar-refractivity contribution in [2.24, 2.45) is 0 Å². The molecule has 0 heterocycles. The van der Waals surface area contributed by atoms with E-state index in [-0.39, 0.29) is 27.0 Å². The highest BCUT2D eigenvalue weighted by atomic mass is 35.5. The molecule has 142 valence electrons. The molecule has 0 bridgehead atoms. The van der Waals surface area contributed by atoms with Crippen LogP contribution in [0, 0.1) is 17.0 Å². The van der Waals surface area contributed by atoms with E-state index >= 15 is 0 Å². The van der Waals surface area contributed by atoms with Crippen molar-refractivity contribution in [1.82, 2.24) is 0 Å². The highest BCUT2D eigenvalue weighted by Crippen LogP contribution is 2.33. The van der Waals surface area contributed by atoms with Crippen LogP contribution in [0.25, 0.3) is 0 Å². The van der Waals surface area contributed by atoms with Gasteiger partial charge in [0.05, 0.1) is 33.3 Å². The van der Waals surface area contributed by atoms with E-state index in [1.807, 2.05) is 0 Å². The summed E-state index contributed by atoms with van der Waals surface area (Å²) in [6.07, 6.45) is 0. The molecule has 0 aliphatic carbocycles. The molecule has 0 saturated heterocycles. The van der Waals surface area contributed by atoms with Crippen molar-refractivity contribution in [1.29, 1.82) is 0 Å². The molecule has 0 radical (unpaired) electrons. The largest absolute Gasteiger partial charge is 0.477 e. The van der Waals surface area contributed by atoms with E-state index in [2.05, 4.69) is 10.1 Å². The van der Waals surface area contributed by atoms with Gasteiger partial charge in [-0.15, -0.1) is 0 Å². The van der Waals surface area contributed by atoms with Gasteiger partial charge in [0.1, 0.15) is 0 Å². The number of nitrogens with one attached hydrogen (secondary N) is 1. The summed E-state index contributed by atoms with van der Waals surface area (Å²) >= 11 is 12.1. The number of esters is 1. The van der Waals surface area contributed by atoms with Crippen LogP contribution in [0.5, 0.6) is 5.75 Å². The summed E-state index contributed by atoms with van der Waals surface area (Å²) in [5.74, 6) is -1.52. The van der Waals surface area contributed by atoms with E-state index in [0.29, 0.717) is 5.56 Å². The number of anilines is 1. The first-order valence-electron chi connectivity index (χ1n) is 7.48. The van der Waals surface area contributed by atoms with Gasteiger partial charge in [0.25, 0.3) is 5.91 Å². The topological polar surface area (TPSA) is 108 Å². The molecular weight excluding hydrogens is 399 g/mol. The number of halogens is 2. The SMILES string of the molecule is COC(=O)c1ccc(OCC(=O)Nc2c(Cl)ccc(C)c2Cl)c([N+](=O)[O-])c1. The maximum Gasteiger partial charge on any atom is 0.338 e. The Morgan fingerprint density at radius 2 is 1.93 bits per heavy atom. The number of aryl methyl sites for hydroxylation is 1. The van der Waals surface area contributed by atoms with Gasteiger partial charge in [-0.3, -0.25) is 14.9 Å². The first-order chi connectivity index (χ1) is 12.7. The molecule has 8 nitrogen and oxygen atoms in total. The first-order valence-corrected chi connectivity index (χ1v) is 8.24. The van der Waals surface area contributed by atoms with E-state index in [1.54, 1.807) is 19.1 Å². The predicted octanol–water partition coefficient (Wildman–Crippen LogP) is 4.01. The van der Waals surface area contributed by atoms with E-state index in [1.165, 1.54) is 12.1 Å². The molecule has 0 spiro atoms. The molecule has 0 unspecified atom stereocenters. The number of nitrogens with zero attached hydrogens (tertiary/aromatic N) is 1. The molecule has 0 atom stereocenters. The number of ether oxygens (including phenoxy) is 2. The quantitative estimate of drug-likeness (QED) is 0.436. The number of hydrogen-bond acceptors (Lipinski definition) is 6. The van der Waals surface area contributed by atoms with Crippen molar-refractivity contribution >= 4 is 46.5 Å². The van der Waals surface area contributed by atoms with Gasteiger partial charge in [0.15, 0.2) is 12.4 Å². The molecule has 1 N–H and O–H groups in total. The zero-order valence-corrected chi connectivity index (χ0v) is 15.8. The molecule has 1 amide bonds. The molecule has 0 saturated carbocycles. The van der Waals surface area contributed by atoms with Crippen LogP contribution in [0.15, 0.2) is 30.3 Å². The number of nitro benzene ring substituents is 1. The van der Waals surface area contributed by atoms with Crippen molar-refractivity contribution < 1.29 is 24.0 Å². The number of rotatable bonds is 6. The van der Waals surface area contributed by atoms with Gasteiger partial charge in [-0.1, -0.05) is 29.3 Å². The van der Waals surface area contributed by atoms with Gasteiger partial charge in [-0.25, -0.2) is 4.79 Å². The molecule has 2 aromatic rings. The summed E-state index contributed by atoms with van der Waals surface area (Å²) in [5.41, 5.74) is 0.449. The van der Waals surface area contributed by atoms with Crippen LogP contribution < -0.4 is 10.1 Å². The van der Waals surface area contributed by atoms with Crippen LogP contribution in [0.4, 0.5) is 11.4 Å². The van der Waals surface area contributed by atoms with Crippen LogP contribution in [0.1, 0.15) is 15.9 Å². The molecule has 27 heavy (non-hydrogen) atoms. The molecule has 0 aromatic heterocycles. The average Bonchev–Trinajstić information content (AvgIpc) is 2.65.